The quantitative estimate of drug-likeness (QED) is 0.342. The van der Waals surface area contributed by atoms with Crippen molar-refractivity contribution in [1.29, 1.82) is 0 Å². The third kappa shape index (κ3) is 4.37. The zero-order chi connectivity index (χ0) is 24.6. The lowest BCUT2D eigenvalue weighted by Gasteiger charge is -2.16. The molecule has 0 amide bonds. The predicted octanol–water partition coefficient (Wildman–Crippen LogP) is 5.16. The molecule has 0 aliphatic carbocycles. The average Bonchev–Trinajstić information content (AvgIpc) is 3.30. The first-order valence-electron chi connectivity index (χ1n) is 11.6. The van der Waals surface area contributed by atoms with Crippen LogP contribution in [0.3, 0.4) is 0 Å². The molecule has 0 radical (unpaired) electrons. The smallest absolute Gasteiger partial charge is 0.229 e. The van der Waals surface area contributed by atoms with Gasteiger partial charge in [-0.1, -0.05) is 53.7 Å². The van der Waals surface area contributed by atoms with E-state index >= 15 is 0 Å². The summed E-state index contributed by atoms with van der Waals surface area (Å²) in [4.78, 5) is 4.92. The van der Waals surface area contributed by atoms with Gasteiger partial charge in [-0.2, -0.15) is 4.52 Å². The Hall–Kier alpha value is -3.78. The predicted molar refractivity (Wildman–Crippen MR) is 138 cm³/mol. The molecule has 0 saturated carbocycles. The number of aromatic nitrogens is 4. The fourth-order valence-electron chi connectivity index (χ4n) is 4.16. The van der Waals surface area contributed by atoms with Crippen LogP contribution in [0.4, 0.5) is 5.82 Å². The van der Waals surface area contributed by atoms with E-state index in [1.807, 2.05) is 56.3 Å². The number of nitrogens with one attached hydrogen (secondary N) is 1. The minimum atomic E-state index is -3.91. The molecule has 0 bridgehead atoms. The van der Waals surface area contributed by atoms with Gasteiger partial charge >= 0.3 is 0 Å². The second kappa shape index (κ2) is 9.11. The van der Waals surface area contributed by atoms with Gasteiger partial charge in [-0.15, -0.1) is 5.10 Å². The molecule has 0 spiro atoms. The number of para-hydroxylation sites is 1. The Morgan fingerprint density at radius 2 is 1.69 bits per heavy atom. The number of benzene rings is 3. The van der Waals surface area contributed by atoms with Gasteiger partial charge in [0, 0.05) is 11.4 Å². The van der Waals surface area contributed by atoms with E-state index in [0.29, 0.717) is 5.82 Å². The Kier molecular flexibility index (Phi) is 5.98. The summed E-state index contributed by atoms with van der Waals surface area (Å²) in [6.45, 7) is 5.94. The summed E-state index contributed by atoms with van der Waals surface area (Å²) in [5.74, 6) is 0.618. The van der Waals surface area contributed by atoms with Crippen LogP contribution in [0.5, 0.6) is 0 Å². The lowest BCUT2D eigenvalue weighted by molar-refractivity contribution is 0.592. The van der Waals surface area contributed by atoms with Gasteiger partial charge in [0.2, 0.25) is 14.9 Å². The van der Waals surface area contributed by atoms with Crippen LogP contribution in [0.1, 0.15) is 30.0 Å². The number of rotatable bonds is 7. The maximum absolute atomic E-state index is 13.5. The summed E-state index contributed by atoms with van der Waals surface area (Å²) in [5, 5.41) is 12.5. The summed E-state index contributed by atoms with van der Waals surface area (Å²) in [6, 6.07) is 23.2. The van der Waals surface area contributed by atoms with Crippen LogP contribution in [-0.2, 0) is 16.3 Å². The van der Waals surface area contributed by atoms with Crippen molar-refractivity contribution in [3.8, 4) is 0 Å². The molecule has 0 saturated heterocycles. The maximum atomic E-state index is 13.5. The highest BCUT2D eigenvalue weighted by Gasteiger charge is 2.27. The van der Waals surface area contributed by atoms with E-state index in [9.17, 15) is 8.42 Å². The minimum Gasteiger partial charge on any atom is -0.367 e. The standard InChI is InChI=1S/C27H27N5O2S/c1-18-13-16-22(17-19(18)2)35(33,34)27-26-29-25(23-11-7-8-12-24(23)32(26)31-30-27)28-20(3)14-15-21-9-5-4-6-10-21/h4-13,16-17,20H,14-15H2,1-3H3,(H,28,29)/t20-/m1/s1. The molecule has 1 N–H and O–H groups in total. The van der Waals surface area contributed by atoms with E-state index in [1.165, 1.54) is 10.1 Å². The van der Waals surface area contributed by atoms with E-state index in [4.69, 9.17) is 4.98 Å². The lowest BCUT2D eigenvalue weighted by Crippen LogP contribution is -2.18. The number of aryl methyl sites for hydroxylation is 3. The van der Waals surface area contributed by atoms with Crippen molar-refractivity contribution in [2.75, 3.05) is 5.32 Å². The van der Waals surface area contributed by atoms with Gasteiger partial charge in [0.25, 0.3) is 0 Å². The monoisotopic (exact) mass is 485 g/mol. The molecular formula is C27H27N5O2S. The molecule has 0 aliphatic heterocycles. The molecule has 35 heavy (non-hydrogen) atoms. The van der Waals surface area contributed by atoms with Crippen molar-refractivity contribution in [2.45, 2.75) is 49.6 Å². The van der Waals surface area contributed by atoms with Crippen LogP contribution < -0.4 is 5.32 Å². The first-order valence-corrected chi connectivity index (χ1v) is 13.1. The summed E-state index contributed by atoms with van der Waals surface area (Å²) in [6.07, 6.45) is 1.83. The third-order valence-corrected chi connectivity index (χ3v) is 8.00. The molecule has 2 aromatic heterocycles. The number of hydrogen-bond donors (Lipinski definition) is 1. The van der Waals surface area contributed by atoms with Crippen molar-refractivity contribution < 1.29 is 8.42 Å². The lowest BCUT2D eigenvalue weighted by atomic mass is 10.1. The van der Waals surface area contributed by atoms with Crippen molar-refractivity contribution in [1.82, 2.24) is 19.8 Å². The first-order chi connectivity index (χ1) is 16.8. The average molecular weight is 486 g/mol. The molecule has 3 aromatic carbocycles. The molecule has 0 aliphatic rings. The first kappa shape index (κ1) is 23.0. The molecule has 5 rings (SSSR count). The van der Waals surface area contributed by atoms with Crippen LogP contribution in [0.25, 0.3) is 16.6 Å². The molecule has 5 aromatic rings. The van der Waals surface area contributed by atoms with Crippen LogP contribution in [0.2, 0.25) is 0 Å². The number of hydrogen-bond acceptors (Lipinski definition) is 6. The summed E-state index contributed by atoms with van der Waals surface area (Å²) >= 11 is 0. The second-order valence-corrected chi connectivity index (χ2v) is 10.8. The highest BCUT2D eigenvalue weighted by molar-refractivity contribution is 7.91. The highest BCUT2D eigenvalue weighted by atomic mass is 32.2. The van der Waals surface area contributed by atoms with E-state index in [2.05, 4.69) is 34.7 Å². The molecule has 178 valence electrons. The van der Waals surface area contributed by atoms with Gasteiger partial charge in [0.1, 0.15) is 5.82 Å². The fraction of sp³-hybridized carbons (Fsp3) is 0.222. The molecule has 1 atom stereocenters. The molecule has 0 fully saturated rings. The molecule has 2 heterocycles. The van der Waals surface area contributed by atoms with Crippen molar-refractivity contribution in [3.63, 3.8) is 0 Å². The zero-order valence-electron chi connectivity index (χ0n) is 19.9. The minimum absolute atomic E-state index is 0.115. The van der Waals surface area contributed by atoms with E-state index in [-0.39, 0.29) is 21.6 Å². The summed E-state index contributed by atoms with van der Waals surface area (Å²) in [7, 11) is -3.91. The third-order valence-electron chi connectivity index (χ3n) is 6.36. The largest absolute Gasteiger partial charge is 0.367 e. The molecule has 0 unspecified atom stereocenters. The number of sulfone groups is 1. The number of fused-ring (bicyclic) bond motifs is 3. The summed E-state index contributed by atoms with van der Waals surface area (Å²) in [5.41, 5.74) is 4.15. The van der Waals surface area contributed by atoms with E-state index in [0.717, 1.165) is 34.9 Å². The van der Waals surface area contributed by atoms with Crippen LogP contribution in [-0.4, -0.2) is 34.3 Å². The van der Waals surface area contributed by atoms with Gasteiger partial charge in [-0.05, 0) is 74.6 Å². The summed E-state index contributed by atoms with van der Waals surface area (Å²) < 4.78 is 28.6. The van der Waals surface area contributed by atoms with Gasteiger partial charge in [-0.3, -0.25) is 0 Å². The zero-order valence-corrected chi connectivity index (χ0v) is 20.7. The van der Waals surface area contributed by atoms with Gasteiger partial charge in [-0.25, -0.2) is 13.4 Å². The normalized spacial score (nSPS) is 12.8. The van der Waals surface area contributed by atoms with Gasteiger partial charge in [0.05, 0.1) is 10.4 Å². The van der Waals surface area contributed by atoms with Crippen LogP contribution >= 0.6 is 0 Å². The Bertz CT molecular complexity index is 1630. The van der Waals surface area contributed by atoms with Gasteiger partial charge < -0.3 is 5.32 Å². The molecular weight excluding hydrogens is 458 g/mol. The van der Waals surface area contributed by atoms with Crippen LogP contribution in [0.15, 0.2) is 82.7 Å². The number of anilines is 1. The van der Waals surface area contributed by atoms with E-state index < -0.39 is 9.84 Å². The topological polar surface area (TPSA) is 89.2 Å². The molecule has 8 heteroatoms. The maximum Gasteiger partial charge on any atom is 0.229 e. The SMILES string of the molecule is Cc1ccc(S(=O)(=O)c2nnn3c2nc(N[C@H](C)CCc2ccccc2)c2ccccc23)cc1C. The second-order valence-electron chi connectivity index (χ2n) is 8.93. The van der Waals surface area contributed by atoms with Crippen molar-refractivity contribution in [2.24, 2.45) is 0 Å². The Labute approximate surface area is 204 Å². The van der Waals surface area contributed by atoms with E-state index in [1.54, 1.807) is 18.2 Å². The highest BCUT2D eigenvalue weighted by Crippen LogP contribution is 2.29. The Morgan fingerprint density at radius 3 is 2.46 bits per heavy atom. The Balaban J connectivity index is 1.56. The Morgan fingerprint density at radius 1 is 0.943 bits per heavy atom. The van der Waals surface area contributed by atoms with Gasteiger partial charge in [0.15, 0.2) is 5.65 Å². The molecule has 7 nitrogen and oxygen atoms in total. The van der Waals surface area contributed by atoms with Crippen molar-refractivity contribution >= 4 is 32.2 Å². The van der Waals surface area contributed by atoms with Crippen LogP contribution in [0, 0.1) is 13.8 Å². The van der Waals surface area contributed by atoms with Crippen molar-refractivity contribution in [3.05, 3.63) is 89.5 Å². The number of nitrogens with zero attached hydrogens (tertiary/aromatic N) is 4. The fourth-order valence-corrected chi connectivity index (χ4v) is 5.47.